The third-order valence-corrected chi connectivity index (χ3v) is 6.19. The molecule has 0 spiro atoms. The van der Waals surface area contributed by atoms with Gasteiger partial charge in [-0.15, -0.1) is 11.3 Å². The highest BCUT2D eigenvalue weighted by Crippen LogP contribution is 2.35. The maximum Gasteiger partial charge on any atom is 0.230 e. The van der Waals surface area contributed by atoms with E-state index >= 15 is 0 Å². The summed E-state index contributed by atoms with van der Waals surface area (Å²) < 4.78 is 12.9. The molecule has 0 saturated carbocycles. The van der Waals surface area contributed by atoms with Crippen LogP contribution in [0.1, 0.15) is 5.56 Å². The Kier molecular flexibility index (Phi) is 5.64. The Balaban J connectivity index is 1.42. The summed E-state index contributed by atoms with van der Waals surface area (Å²) in [5.41, 5.74) is 1.99. The number of amides is 1. The molecule has 7 heteroatoms. The molecule has 4 aromatic rings. The van der Waals surface area contributed by atoms with E-state index in [2.05, 4.69) is 33.5 Å². The lowest BCUT2D eigenvalue weighted by atomic mass is 10.2. The second-order valence-corrected chi connectivity index (χ2v) is 8.06. The molecule has 0 unspecified atom stereocenters. The number of halogens is 1. The zero-order valence-corrected chi connectivity index (χ0v) is 16.4. The second kappa shape index (κ2) is 8.50. The van der Waals surface area contributed by atoms with Crippen LogP contribution in [0.5, 0.6) is 0 Å². The van der Waals surface area contributed by atoms with Gasteiger partial charge < -0.3 is 5.32 Å². The molecule has 0 aliphatic rings. The number of fused-ring (bicyclic) bond motifs is 1. The number of hydrogen-bond donors (Lipinski definition) is 1. The van der Waals surface area contributed by atoms with Crippen molar-refractivity contribution in [2.24, 2.45) is 0 Å². The van der Waals surface area contributed by atoms with Crippen molar-refractivity contribution in [3.8, 4) is 10.4 Å². The van der Waals surface area contributed by atoms with Crippen LogP contribution in [0.3, 0.4) is 0 Å². The molecular formula is C21H16FN3OS2. The fourth-order valence-electron chi connectivity index (χ4n) is 2.68. The standard InChI is InChI=1S/C21H16FN3OS2/c22-16-8-6-14(7-9-16)11-23-19(26)12-27-20-17-10-18(15-4-2-1-3-5-15)28-21(17)25-13-24-20/h1-10,13H,11-12H2,(H,23,26). The molecule has 1 N–H and O–H groups in total. The zero-order valence-electron chi connectivity index (χ0n) is 14.8. The van der Waals surface area contributed by atoms with Crippen LogP contribution in [0.4, 0.5) is 4.39 Å². The third kappa shape index (κ3) is 4.37. The van der Waals surface area contributed by atoms with E-state index in [1.54, 1.807) is 23.5 Å². The van der Waals surface area contributed by atoms with Gasteiger partial charge in [-0.2, -0.15) is 0 Å². The average molecular weight is 410 g/mol. The first-order valence-electron chi connectivity index (χ1n) is 8.63. The maximum absolute atomic E-state index is 12.9. The first kappa shape index (κ1) is 18.6. The molecule has 2 aromatic heterocycles. The minimum absolute atomic E-state index is 0.0976. The summed E-state index contributed by atoms with van der Waals surface area (Å²) in [6, 6.07) is 18.3. The monoisotopic (exact) mass is 409 g/mol. The number of carbonyl (C=O) groups excluding carboxylic acids is 1. The second-order valence-electron chi connectivity index (χ2n) is 6.07. The molecule has 0 atom stereocenters. The fourth-order valence-corrected chi connectivity index (χ4v) is 4.55. The Labute approximate surface area is 169 Å². The van der Waals surface area contributed by atoms with Gasteiger partial charge in [0.2, 0.25) is 5.91 Å². The van der Waals surface area contributed by atoms with Crippen LogP contribution < -0.4 is 5.32 Å². The molecule has 0 aliphatic heterocycles. The van der Waals surface area contributed by atoms with Gasteiger partial charge in [0.05, 0.1) is 5.75 Å². The van der Waals surface area contributed by atoms with Crippen molar-refractivity contribution in [2.45, 2.75) is 11.6 Å². The number of nitrogens with zero attached hydrogens (tertiary/aromatic N) is 2. The van der Waals surface area contributed by atoms with Gasteiger partial charge in [0.25, 0.3) is 0 Å². The van der Waals surface area contributed by atoms with Crippen molar-refractivity contribution >= 4 is 39.2 Å². The van der Waals surface area contributed by atoms with E-state index in [4.69, 9.17) is 0 Å². The SMILES string of the molecule is O=C(CSc1ncnc2sc(-c3ccccc3)cc12)NCc1ccc(F)cc1. The highest BCUT2D eigenvalue weighted by Gasteiger charge is 2.12. The summed E-state index contributed by atoms with van der Waals surface area (Å²) in [5, 5.41) is 4.60. The lowest BCUT2D eigenvalue weighted by Crippen LogP contribution is -2.24. The molecule has 4 rings (SSSR count). The summed E-state index contributed by atoms with van der Waals surface area (Å²) in [7, 11) is 0. The van der Waals surface area contributed by atoms with E-state index in [-0.39, 0.29) is 17.5 Å². The van der Waals surface area contributed by atoms with Gasteiger partial charge in [0, 0.05) is 16.8 Å². The van der Waals surface area contributed by atoms with E-state index in [0.29, 0.717) is 6.54 Å². The first-order valence-corrected chi connectivity index (χ1v) is 10.4. The lowest BCUT2D eigenvalue weighted by molar-refractivity contribution is -0.118. The number of benzene rings is 2. The minimum Gasteiger partial charge on any atom is -0.351 e. The molecule has 2 aromatic carbocycles. The Morgan fingerprint density at radius 3 is 2.64 bits per heavy atom. The van der Waals surface area contributed by atoms with E-state index in [1.807, 2.05) is 18.2 Å². The number of aromatic nitrogens is 2. The molecule has 0 bridgehead atoms. The maximum atomic E-state index is 12.9. The van der Waals surface area contributed by atoms with Gasteiger partial charge in [0.1, 0.15) is 22.0 Å². The van der Waals surface area contributed by atoms with Gasteiger partial charge in [-0.3, -0.25) is 4.79 Å². The lowest BCUT2D eigenvalue weighted by Gasteiger charge is -2.05. The summed E-state index contributed by atoms with van der Waals surface area (Å²) in [5.74, 6) is -0.132. The zero-order chi connectivity index (χ0) is 19.3. The van der Waals surface area contributed by atoms with E-state index < -0.39 is 0 Å². The summed E-state index contributed by atoms with van der Waals surface area (Å²) in [6.45, 7) is 0.371. The van der Waals surface area contributed by atoms with Gasteiger partial charge in [-0.1, -0.05) is 54.2 Å². The molecule has 1 amide bonds. The first-order chi connectivity index (χ1) is 13.7. The molecule has 140 valence electrons. The quantitative estimate of drug-likeness (QED) is 0.363. The van der Waals surface area contributed by atoms with Crippen LogP contribution in [0.2, 0.25) is 0 Å². The third-order valence-electron chi connectivity index (χ3n) is 4.09. The van der Waals surface area contributed by atoms with Gasteiger partial charge in [0.15, 0.2) is 0 Å². The van der Waals surface area contributed by atoms with Crippen molar-refractivity contribution in [2.75, 3.05) is 5.75 Å². The Morgan fingerprint density at radius 2 is 1.86 bits per heavy atom. The van der Waals surface area contributed by atoms with E-state index in [0.717, 1.165) is 31.2 Å². The largest absolute Gasteiger partial charge is 0.351 e. The molecule has 2 heterocycles. The van der Waals surface area contributed by atoms with E-state index in [9.17, 15) is 9.18 Å². The van der Waals surface area contributed by atoms with Crippen LogP contribution in [-0.2, 0) is 11.3 Å². The van der Waals surface area contributed by atoms with Crippen molar-refractivity contribution < 1.29 is 9.18 Å². The van der Waals surface area contributed by atoms with Crippen LogP contribution >= 0.6 is 23.1 Å². The number of thioether (sulfide) groups is 1. The predicted octanol–water partition coefficient (Wildman–Crippen LogP) is 4.91. The van der Waals surface area contributed by atoms with Gasteiger partial charge in [-0.25, -0.2) is 14.4 Å². The molecule has 0 radical (unpaired) electrons. The smallest absolute Gasteiger partial charge is 0.230 e. The molecule has 0 fully saturated rings. The molecule has 0 saturated heterocycles. The Hall–Kier alpha value is -2.77. The van der Waals surface area contributed by atoms with Gasteiger partial charge in [-0.05, 0) is 29.3 Å². The van der Waals surface area contributed by atoms with Crippen LogP contribution in [-0.4, -0.2) is 21.6 Å². The highest BCUT2D eigenvalue weighted by molar-refractivity contribution is 8.00. The summed E-state index contributed by atoms with van der Waals surface area (Å²) in [6.07, 6.45) is 1.53. The number of carbonyl (C=O) groups is 1. The number of thiophene rings is 1. The van der Waals surface area contributed by atoms with Crippen molar-refractivity contribution in [3.63, 3.8) is 0 Å². The normalized spacial score (nSPS) is 10.9. The minimum atomic E-state index is -0.288. The summed E-state index contributed by atoms with van der Waals surface area (Å²) in [4.78, 5) is 22.9. The predicted molar refractivity (Wildman–Crippen MR) is 112 cm³/mol. The van der Waals surface area contributed by atoms with Gasteiger partial charge >= 0.3 is 0 Å². The van der Waals surface area contributed by atoms with Crippen molar-refractivity contribution in [3.05, 3.63) is 78.4 Å². The number of rotatable bonds is 6. The van der Waals surface area contributed by atoms with Crippen molar-refractivity contribution in [1.82, 2.24) is 15.3 Å². The molecule has 28 heavy (non-hydrogen) atoms. The van der Waals surface area contributed by atoms with Crippen LogP contribution in [0.25, 0.3) is 20.7 Å². The highest BCUT2D eigenvalue weighted by atomic mass is 32.2. The molecule has 0 aliphatic carbocycles. The van der Waals surface area contributed by atoms with E-state index in [1.165, 1.54) is 30.2 Å². The Bertz CT molecular complexity index is 1100. The molecular weight excluding hydrogens is 393 g/mol. The van der Waals surface area contributed by atoms with Crippen molar-refractivity contribution in [1.29, 1.82) is 0 Å². The summed E-state index contributed by atoms with van der Waals surface area (Å²) >= 11 is 3.00. The van der Waals surface area contributed by atoms with Crippen LogP contribution in [0, 0.1) is 5.82 Å². The fraction of sp³-hybridized carbons (Fsp3) is 0.0952. The van der Waals surface area contributed by atoms with Crippen LogP contribution in [0.15, 0.2) is 72.0 Å². The topological polar surface area (TPSA) is 54.9 Å². The Morgan fingerprint density at radius 1 is 1.07 bits per heavy atom. The molecule has 4 nitrogen and oxygen atoms in total. The average Bonchev–Trinajstić information content (AvgIpc) is 3.17. The number of hydrogen-bond acceptors (Lipinski definition) is 5. The number of nitrogens with one attached hydrogen (secondary N) is 1.